The molecule has 0 atom stereocenters. The zero-order chi connectivity index (χ0) is 12.1. The van der Waals surface area contributed by atoms with Crippen molar-refractivity contribution in [2.24, 2.45) is 0 Å². The van der Waals surface area contributed by atoms with Gasteiger partial charge in [-0.05, 0) is 49.1 Å². The SMILES string of the molecule is C=C(C)/C=C(/C)c1cc(OC)ccc1CC. The second-order valence-electron chi connectivity index (χ2n) is 4.05. The van der Waals surface area contributed by atoms with Crippen molar-refractivity contribution in [1.29, 1.82) is 0 Å². The van der Waals surface area contributed by atoms with E-state index in [4.69, 9.17) is 4.74 Å². The van der Waals surface area contributed by atoms with E-state index in [2.05, 4.69) is 38.6 Å². The summed E-state index contributed by atoms with van der Waals surface area (Å²) >= 11 is 0. The Morgan fingerprint density at radius 1 is 1.38 bits per heavy atom. The van der Waals surface area contributed by atoms with Crippen molar-refractivity contribution >= 4 is 5.57 Å². The van der Waals surface area contributed by atoms with Crippen molar-refractivity contribution in [3.8, 4) is 5.75 Å². The molecule has 1 aromatic rings. The second-order valence-corrected chi connectivity index (χ2v) is 4.05. The smallest absolute Gasteiger partial charge is 0.119 e. The van der Waals surface area contributed by atoms with Gasteiger partial charge in [0.25, 0.3) is 0 Å². The summed E-state index contributed by atoms with van der Waals surface area (Å²) in [5.74, 6) is 0.904. The normalized spacial score (nSPS) is 11.4. The van der Waals surface area contributed by atoms with Crippen LogP contribution >= 0.6 is 0 Å². The Balaban J connectivity index is 3.23. The Morgan fingerprint density at radius 2 is 2.06 bits per heavy atom. The van der Waals surface area contributed by atoms with Gasteiger partial charge in [0, 0.05) is 0 Å². The number of rotatable bonds is 4. The van der Waals surface area contributed by atoms with Crippen molar-refractivity contribution < 1.29 is 4.74 Å². The van der Waals surface area contributed by atoms with E-state index < -0.39 is 0 Å². The molecule has 1 rings (SSSR count). The average molecular weight is 216 g/mol. The highest BCUT2D eigenvalue weighted by atomic mass is 16.5. The molecule has 0 N–H and O–H groups in total. The quantitative estimate of drug-likeness (QED) is 0.684. The van der Waals surface area contributed by atoms with Crippen LogP contribution in [-0.4, -0.2) is 7.11 Å². The van der Waals surface area contributed by atoms with Crippen LogP contribution in [0.3, 0.4) is 0 Å². The van der Waals surface area contributed by atoms with Gasteiger partial charge >= 0.3 is 0 Å². The van der Waals surface area contributed by atoms with E-state index in [0.29, 0.717) is 0 Å². The molecule has 0 heterocycles. The van der Waals surface area contributed by atoms with Gasteiger partial charge in [0.05, 0.1) is 7.11 Å². The first kappa shape index (κ1) is 12.6. The molecule has 0 aliphatic heterocycles. The highest BCUT2D eigenvalue weighted by Gasteiger charge is 2.04. The van der Waals surface area contributed by atoms with E-state index in [9.17, 15) is 0 Å². The zero-order valence-electron chi connectivity index (χ0n) is 10.6. The monoisotopic (exact) mass is 216 g/mol. The maximum Gasteiger partial charge on any atom is 0.119 e. The molecule has 0 amide bonds. The molecule has 0 aromatic heterocycles. The van der Waals surface area contributed by atoms with Gasteiger partial charge in [0.15, 0.2) is 0 Å². The Hall–Kier alpha value is -1.50. The maximum absolute atomic E-state index is 5.26. The molecule has 86 valence electrons. The number of hydrogen-bond acceptors (Lipinski definition) is 1. The number of benzene rings is 1. The summed E-state index contributed by atoms with van der Waals surface area (Å²) in [6, 6.07) is 6.23. The van der Waals surface area contributed by atoms with Gasteiger partial charge in [-0.15, -0.1) is 0 Å². The van der Waals surface area contributed by atoms with Crippen LogP contribution < -0.4 is 4.74 Å². The Bertz CT molecular complexity index is 413. The molecule has 1 heteroatoms. The zero-order valence-corrected chi connectivity index (χ0v) is 10.6. The molecule has 0 aliphatic rings. The molecule has 0 fully saturated rings. The number of ether oxygens (including phenoxy) is 1. The number of hydrogen-bond donors (Lipinski definition) is 0. The van der Waals surface area contributed by atoms with Crippen molar-refractivity contribution in [2.75, 3.05) is 7.11 Å². The third-order valence-corrected chi connectivity index (χ3v) is 2.59. The van der Waals surface area contributed by atoms with E-state index in [0.717, 1.165) is 17.7 Å². The van der Waals surface area contributed by atoms with E-state index in [1.807, 2.05) is 13.0 Å². The Kier molecular flexibility index (Phi) is 4.36. The van der Waals surface area contributed by atoms with Gasteiger partial charge in [-0.25, -0.2) is 0 Å². The molecule has 0 saturated heterocycles. The molecule has 0 radical (unpaired) electrons. The van der Waals surface area contributed by atoms with Crippen molar-refractivity contribution in [1.82, 2.24) is 0 Å². The Labute approximate surface area is 98.5 Å². The van der Waals surface area contributed by atoms with Gasteiger partial charge in [-0.1, -0.05) is 31.2 Å². The number of allylic oxidation sites excluding steroid dienone is 3. The highest BCUT2D eigenvalue weighted by molar-refractivity contribution is 5.70. The first-order chi connectivity index (χ1) is 7.58. The predicted molar refractivity (Wildman–Crippen MR) is 70.8 cm³/mol. The van der Waals surface area contributed by atoms with Crippen LogP contribution in [0, 0.1) is 0 Å². The summed E-state index contributed by atoms with van der Waals surface area (Å²) in [6.07, 6.45) is 3.13. The standard InChI is InChI=1S/C15H20O/c1-6-13-7-8-14(16-5)10-15(13)12(4)9-11(2)3/h7-10H,2,6H2,1,3-5H3/b12-9-. The van der Waals surface area contributed by atoms with Crippen LogP contribution in [0.15, 0.2) is 36.4 Å². The molecule has 1 aromatic carbocycles. The van der Waals surface area contributed by atoms with E-state index >= 15 is 0 Å². The summed E-state index contributed by atoms with van der Waals surface area (Å²) in [5.41, 5.74) is 4.91. The fourth-order valence-electron chi connectivity index (χ4n) is 1.81. The van der Waals surface area contributed by atoms with E-state index in [1.54, 1.807) is 7.11 Å². The molecular weight excluding hydrogens is 196 g/mol. The van der Waals surface area contributed by atoms with E-state index in [1.165, 1.54) is 16.7 Å². The predicted octanol–water partition coefficient (Wildman–Crippen LogP) is 4.24. The summed E-state index contributed by atoms with van der Waals surface area (Å²) < 4.78 is 5.26. The lowest BCUT2D eigenvalue weighted by Gasteiger charge is -2.10. The molecule has 0 aliphatic carbocycles. The molecule has 0 unspecified atom stereocenters. The summed E-state index contributed by atoms with van der Waals surface area (Å²) in [5, 5.41) is 0. The topological polar surface area (TPSA) is 9.23 Å². The largest absolute Gasteiger partial charge is 0.497 e. The summed E-state index contributed by atoms with van der Waals surface area (Å²) in [4.78, 5) is 0. The van der Waals surface area contributed by atoms with Crippen LogP contribution in [0.25, 0.3) is 5.57 Å². The minimum Gasteiger partial charge on any atom is -0.497 e. The number of aryl methyl sites for hydroxylation is 1. The van der Waals surface area contributed by atoms with Crippen molar-refractivity contribution in [3.63, 3.8) is 0 Å². The third-order valence-electron chi connectivity index (χ3n) is 2.59. The van der Waals surface area contributed by atoms with Crippen LogP contribution in [0.2, 0.25) is 0 Å². The van der Waals surface area contributed by atoms with Gasteiger partial charge in [-0.3, -0.25) is 0 Å². The number of methoxy groups -OCH3 is 1. The van der Waals surface area contributed by atoms with E-state index in [-0.39, 0.29) is 0 Å². The first-order valence-electron chi connectivity index (χ1n) is 5.59. The van der Waals surface area contributed by atoms with Crippen LogP contribution in [0.4, 0.5) is 0 Å². The second kappa shape index (κ2) is 5.55. The minimum atomic E-state index is 0.904. The summed E-state index contributed by atoms with van der Waals surface area (Å²) in [6.45, 7) is 10.2. The van der Waals surface area contributed by atoms with Gasteiger partial charge in [0.1, 0.15) is 5.75 Å². The molecule has 0 bridgehead atoms. The maximum atomic E-state index is 5.26. The molecule has 16 heavy (non-hydrogen) atoms. The fourth-order valence-corrected chi connectivity index (χ4v) is 1.81. The van der Waals surface area contributed by atoms with Crippen LogP contribution in [0.5, 0.6) is 5.75 Å². The lowest BCUT2D eigenvalue weighted by molar-refractivity contribution is 0.414. The average Bonchev–Trinajstić information content (AvgIpc) is 2.27. The molecule has 0 saturated carbocycles. The molecule has 1 nitrogen and oxygen atoms in total. The van der Waals surface area contributed by atoms with Gasteiger partial charge in [0.2, 0.25) is 0 Å². The summed E-state index contributed by atoms with van der Waals surface area (Å²) in [7, 11) is 1.70. The third kappa shape index (κ3) is 2.99. The lowest BCUT2D eigenvalue weighted by Crippen LogP contribution is -1.92. The van der Waals surface area contributed by atoms with Gasteiger partial charge < -0.3 is 4.74 Å². The first-order valence-corrected chi connectivity index (χ1v) is 5.59. The lowest BCUT2D eigenvalue weighted by atomic mass is 9.97. The van der Waals surface area contributed by atoms with Crippen LogP contribution in [-0.2, 0) is 6.42 Å². The minimum absolute atomic E-state index is 0.904. The highest BCUT2D eigenvalue weighted by Crippen LogP contribution is 2.25. The van der Waals surface area contributed by atoms with Crippen molar-refractivity contribution in [3.05, 3.63) is 47.6 Å². The van der Waals surface area contributed by atoms with Gasteiger partial charge in [-0.2, -0.15) is 0 Å². The van der Waals surface area contributed by atoms with Crippen LogP contribution in [0.1, 0.15) is 31.9 Å². The van der Waals surface area contributed by atoms with Crippen molar-refractivity contribution in [2.45, 2.75) is 27.2 Å². The molecule has 0 spiro atoms. The molecular formula is C15H20O. The Morgan fingerprint density at radius 3 is 2.56 bits per heavy atom. The fraction of sp³-hybridized carbons (Fsp3) is 0.333.